The standard InChI is InChI=1S/C18H12F3NO3S/c1-25-17(24)15-9-10-8-11(6-7-14(10)26-15)22-16(23)12-4-2-3-5-13(12)18(19,20)21/h2-9H,1H3,(H,22,23). The first-order chi connectivity index (χ1) is 12.3. The Morgan fingerprint density at radius 1 is 1.08 bits per heavy atom. The molecule has 134 valence electrons. The van der Waals surface area contributed by atoms with Crippen LogP contribution in [0.1, 0.15) is 25.6 Å². The van der Waals surface area contributed by atoms with E-state index < -0.39 is 29.2 Å². The molecular weight excluding hydrogens is 367 g/mol. The van der Waals surface area contributed by atoms with Gasteiger partial charge in [-0.15, -0.1) is 11.3 Å². The predicted octanol–water partition coefficient (Wildman–Crippen LogP) is 4.96. The third kappa shape index (κ3) is 3.55. The van der Waals surface area contributed by atoms with Gasteiger partial charge in [0.2, 0.25) is 0 Å². The second-order valence-corrected chi connectivity index (χ2v) is 6.44. The fourth-order valence-electron chi connectivity index (χ4n) is 2.45. The first kappa shape index (κ1) is 17.9. The highest BCUT2D eigenvalue weighted by atomic mass is 32.1. The lowest BCUT2D eigenvalue weighted by atomic mass is 10.1. The molecule has 1 heterocycles. The van der Waals surface area contributed by atoms with Crippen molar-refractivity contribution in [3.63, 3.8) is 0 Å². The Morgan fingerprint density at radius 2 is 1.81 bits per heavy atom. The van der Waals surface area contributed by atoms with Crippen LogP contribution in [0.15, 0.2) is 48.5 Å². The molecule has 0 saturated heterocycles. The summed E-state index contributed by atoms with van der Waals surface area (Å²) >= 11 is 1.22. The van der Waals surface area contributed by atoms with Gasteiger partial charge in [-0.3, -0.25) is 4.79 Å². The molecule has 0 aliphatic carbocycles. The minimum Gasteiger partial charge on any atom is -0.465 e. The zero-order chi connectivity index (χ0) is 18.9. The molecule has 1 amide bonds. The lowest BCUT2D eigenvalue weighted by molar-refractivity contribution is -0.137. The zero-order valence-corrected chi connectivity index (χ0v) is 14.2. The Kier molecular flexibility index (Phi) is 4.69. The van der Waals surface area contributed by atoms with Gasteiger partial charge in [0.05, 0.1) is 18.2 Å². The van der Waals surface area contributed by atoms with Crippen molar-refractivity contribution in [2.45, 2.75) is 6.18 Å². The number of hydrogen-bond acceptors (Lipinski definition) is 4. The number of methoxy groups -OCH3 is 1. The van der Waals surface area contributed by atoms with Crippen LogP contribution in [-0.4, -0.2) is 19.0 Å². The molecule has 0 atom stereocenters. The van der Waals surface area contributed by atoms with Crippen LogP contribution >= 0.6 is 11.3 Å². The van der Waals surface area contributed by atoms with Gasteiger partial charge in [-0.05, 0) is 41.8 Å². The summed E-state index contributed by atoms with van der Waals surface area (Å²) in [7, 11) is 1.27. The van der Waals surface area contributed by atoms with Crippen LogP contribution in [0.3, 0.4) is 0 Å². The number of halogens is 3. The number of amides is 1. The molecule has 0 bridgehead atoms. The second kappa shape index (κ2) is 6.80. The van der Waals surface area contributed by atoms with Gasteiger partial charge in [0.15, 0.2) is 0 Å². The first-order valence-corrected chi connectivity index (χ1v) is 8.21. The fraction of sp³-hybridized carbons (Fsp3) is 0.111. The van der Waals surface area contributed by atoms with Gasteiger partial charge in [0.25, 0.3) is 5.91 Å². The van der Waals surface area contributed by atoms with Crippen LogP contribution < -0.4 is 5.32 Å². The molecule has 0 fully saturated rings. The smallest absolute Gasteiger partial charge is 0.417 e. The number of thiophene rings is 1. The molecule has 0 aliphatic rings. The largest absolute Gasteiger partial charge is 0.465 e. The Morgan fingerprint density at radius 3 is 2.50 bits per heavy atom. The van der Waals surface area contributed by atoms with Crippen molar-refractivity contribution >= 4 is 39.0 Å². The van der Waals surface area contributed by atoms with Crippen molar-refractivity contribution in [2.24, 2.45) is 0 Å². The van der Waals surface area contributed by atoms with Crippen LogP contribution in [0.4, 0.5) is 18.9 Å². The monoisotopic (exact) mass is 379 g/mol. The maximum Gasteiger partial charge on any atom is 0.417 e. The number of rotatable bonds is 3. The van der Waals surface area contributed by atoms with Crippen molar-refractivity contribution in [1.82, 2.24) is 0 Å². The lowest BCUT2D eigenvalue weighted by Crippen LogP contribution is -2.18. The van der Waals surface area contributed by atoms with Gasteiger partial charge in [-0.2, -0.15) is 13.2 Å². The third-order valence-corrected chi connectivity index (χ3v) is 4.73. The average Bonchev–Trinajstić information content (AvgIpc) is 3.03. The molecule has 1 aromatic heterocycles. The molecule has 2 aromatic carbocycles. The van der Waals surface area contributed by atoms with Crippen LogP contribution in [0, 0.1) is 0 Å². The maximum absolute atomic E-state index is 13.0. The average molecular weight is 379 g/mol. The molecule has 8 heteroatoms. The summed E-state index contributed by atoms with van der Waals surface area (Å²) in [6.07, 6.45) is -4.62. The van der Waals surface area contributed by atoms with Crippen molar-refractivity contribution in [3.05, 3.63) is 64.5 Å². The third-order valence-electron chi connectivity index (χ3n) is 3.64. The molecule has 0 unspecified atom stereocenters. The number of esters is 1. The SMILES string of the molecule is COC(=O)c1cc2cc(NC(=O)c3ccccc3C(F)(F)F)ccc2s1. The number of nitrogens with one attached hydrogen (secondary N) is 1. The van der Waals surface area contributed by atoms with Gasteiger partial charge in [-0.25, -0.2) is 4.79 Å². The summed E-state index contributed by atoms with van der Waals surface area (Å²) < 4.78 is 44.6. The van der Waals surface area contributed by atoms with E-state index in [9.17, 15) is 22.8 Å². The number of hydrogen-bond donors (Lipinski definition) is 1. The minimum absolute atomic E-state index is 0.327. The quantitative estimate of drug-likeness (QED) is 0.655. The van der Waals surface area contributed by atoms with Crippen LogP contribution in [-0.2, 0) is 10.9 Å². The summed E-state index contributed by atoms with van der Waals surface area (Å²) in [5, 5.41) is 3.14. The van der Waals surface area contributed by atoms with E-state index in [0.717, 1.165) is 16.8 Å². The van der Waals surface area contributed by atoms with E-state index in [-0.39, 0.29) is 0 Å². The van der Waals surface area contributed by atoms with Gasteiger partial charge < -0.3 is 10.1 Å². The molecule has 1 N–H and O–H groups in total. The normalized spacial score (nSPS) is 11.4. The van der Waals surface area contributed by atoms with E-state index in [2.05, 4.69) is 10.1 Å². The molecule has 4 nitrogen and oxygen atoms in total. The van der Waals surface area contributed by atoms with Crippen molar-refractivity contribution in [2.75, 3.05) is 12.4 Å². The number of carbonyl (C=O) groups excluding carboxylic acids is 2. The first-order valence-electron chi connectivity index (χ1n) is 7.39. The van der Waals surface area contributed by atoms with Crippen molar-refractivity contribution in [1.29, 1.82) is 0 Å². The number of anilines is 1. The van der Waals surface area contributed by atoms with Crippen LogP contribution in [0.25, 0.3) is 10.1 Å². The van der Waals surface area contributed by atoms with E-state index >= 15 is 0 Å². The highest BCUT2D eigenvalue weighted by Crippen LogP contribution is 2.33. The molecule has 0 saturated carbocycles. The van der Waals surface area contributed by atoms with Crippen molar-refractivity contribution < 1.29 is 27.5 Å². The lowest BCUT2D eigenvalue weighted by Gasteiger charge is -2.12. The molecule has 0 aliphatic heterocycles. The number of carbonyl (C=O) groups is 2. The fourth-order valence-corrected chi connectivity index (χ4v) is 3.41. The Labute approximate surface area is 150 Å². The topological polar surface area (TPSA) is 55.4 Å². The second-order valence-electron chi connectivity index (χ2n) is 5.35. The Hall–Kier alpha value is -2.87. The van der Waals surface area contributed by atoms with E-state index in [4.69, 9.17) is 0 Å². The maximum atomic E-state index is 13.0. The van der Waals surface area contributed by atoms with Crippen LogP contribution in [0.2, 0.25) is 0 Å². The summed E-state index contributed by atoms with van der Waals surface area (Å²) in [6.45, 7) is 0. The number of ether oxygens (including phenoxy) is 1. The molecule has 3 aromatic rings. The summed E-state index contributed by atoms with van der Waals surface area (Å²) in [5.74, 6) is -1.34. The Balaban J connectivity index is 1.90. The van der Waals surface area contributed by atoms with Gasteiger partial charge in [-0.1, -0.05) is 12.1 Å². The minimum atomic E-state index is -4.62. The highest BCUT2D eigenvalue weighted by molar-refractivity contribution is 7.20. The summed E-state index contributed by atoms with van der Waals surface area (Å²) in [4.78, 5) is 24.3. The summed E-state index contributed by atoms with van der Waals surface area (Å²) in [6, 6.07) is 11.0. The summed E-state index contributed by atoms with van der Waals surface area (Å²) in [5.41, 5.74) is -1.13. The molecule has 3 rings (SSSR count). The zero-order valence-electron chi connectivity index (χ0n) is 13.4. The number of benzene rings is 2. The van der Waals surface area contributed by atoms with E-state index in [0.29, 0.717) is 16.0 Å². The molecule has 0 spiro atoms. The van der Waals surface area contributed by atoms with Crippen molar-refractivity contribution in [3.8, 4) is 0 Å². The Bertz CT molecular complexity index is 995. The van der Waals surface area contributed by atoms with Gasteiger partial charge in [0.1, 0.15) is 4.88 Å². The van der Waals surface area contributed by atoms with E-state index in [1.807, 2.05) is 0 Å². The highest BCUT2D eigenvalue weighted by Gasteiger charge is 2.34. The molecule has 26 heavy (non-hydrogen) atoms. The molecule has 0 radical (unpaired) electrons. The number of fused-ring (bicyclic) bond motifs is 1. The van der Waals surface area contributed by atoms with E-state index in [1.54, 1.807) is 24.3 Å². The van der Waals surface area contributed by atoms with Gasteiger partial charge in [0, 0.05) is 10.4 Å². The number of alkyl halides is 3. The predicted molar refractivity (Wildman–Crippen MR) is 92.6 cm³/mol. The van der Waals surface area contributed by atoms with Crippen LogP contribution in [0.5, 0.6) is 0 Å². The molecular formula is C18H12F3NO3S. The van der Waals surface area contributed by atoms with Gasteiger partial charge >= 0.3 is 12.1 Å². The van der Waals surface area contributed by atoms with E-state index in [1.165, 1.54) is 30.6 Å².